The molecule has 18 heavy (non-hydrogen) atoms. The lowest BCUT2D eigenvalue weighted by Gasteiger charge is -2.17. The summed E-state index contributed by atoms with van der Waals surface area (Å²) >= 11 is 0. The van der Waals surface area contributed by atoms with Gasteiger partial charge in [-0.25, -0.2) is 0 Å². The number of hydrogen-bond donors (Lipinski definition) is 1. The Morgan fingerprint density at radius 2 is 2.06 bits per heavy atom. The minimum Gasteiger partial charge on any atom is -0.311 e. The number of nitrogens with one attached hydrogen (secondary N) is 1. The smallest absolute Gasteiger partial charge is 0.0706 e. The predicted molar refractivity (Wildman–Crippen MR) is 77.6 cm³/mol. The van der Waals surface area contributed by atoms with Gasteiger partial charge in [0.15, 0.2) is 0 Å². The molecule has 0 saturated carbocycles. The second kappa shape index (κ2) is 5.78. The predicted octanol–water partition coefficient (Wildman–Crippen LogP) is 3.85. The van der Waals surface area contributed by atoms with Crippen LogP contribution in [0, 0.1) is 0 Å². The minimum atomic E-state index is 0.252. The summed E-state index contributed by atoms with van der Waals surface area (Å²) in [6, 6.07) is 12.7. The van der Waals surface area contributed by atoms with Crippen LogP contribution in [0.4, 0.5) is 0 Å². The van der Waals surface area contributed by atoms with Crippen molar-refractivity contribution in [3.63, 3.8) is 0 Å². The average Bonchev–Trinajstić information content (AvgIpc) is 2.44. The molecule has 1 aromatic heterocycles. The molecule has 1 N–H and O–H groups in total. The molecule has 0 bridgehead atoms. The van der Waals surface area contributed by atoms with Gasteiger partial charge in [0.05, 0.1) is 17.3 Å². The van der Waals surface area contributed by atoms with Crippen LogP contribution in [0.25, 0.3) is 10.9 Å². The van der Waals surface area contributed by atoms with Crippen LogP contribution in [0.2, 0.25) is 0 Å². The average molecular weight is 240 g/mol. The van der Waals surface area contributed by atoms with E-state index in [2.05, 4.69) is 43.1 Å². The van der Waals surface area contributed by atoms with Crippen LogP contribution in [-0.4, -0.2) is 12.0 Å². The van der Waals surface area contributed by atoms with E-state index < -0.39 is 0 Å². The molecule has 94 valence electrons. The first kappa shape index (κ1) is 12.8. The maximum atomic E-state index is 4.73. The van der Waals surface area contributed by atoms with E-state index in [0.717, 1.165) is 24.1 Å². The molecular weight excluding hydrogens is 220 g/mol. The lowest BCUT2D eigenvalue weighted by atomic mass is 10.0. The van der Waals surface area contributed by atoms with Crippen molar-refractivity contribution in [1.82, 2.24) is 10.3 Å². The highest BCUT2D eigenvalue weighted by atomic mass is 14.9. The number of pyridine rings is 1. The van der Waals surface area contributed by atoms with Crippen molar-refractivity contribution < 1.29 is 0 Å². The second-order valence-corrected chi connectivity index (χ2v) is 4.58. The summed E-state index contributed by atoms with van der Waals surface area (Å²) in [6.45, 7) is 6.22. The zero-order valence-corrected chi connectivity index (χ0v) is 11.1. The molecule has 0 spiro atoms. The van der Waals surface area contributed by atoms with Crippen molar-refractivity contribution in [2.24, 2.45) is 0 Å². The molecule has 0 amide bonds. The quantitative estimate of drug-likeness (QED) is 0.803. The highest BCUT2D eigenvalue weighted by Gasteiger charge is 2.11. The molecule has 2 aromatic rings. The molecule has 1 heterocycles. The Hall–Kier alpha value is -1.67. The zero-order valence-electron chi connectivity index (χ0n) is 11.1. The highest BCUT2D eigenvalue weighted by Crippen LogP contribution is 2.22. The van der Waals surface area contributed by atoms with Gasteiger partial charge in [0, 0.05) is 5.39 Å². The third-order valence-corrected chi connectivity index (χ3v) is 3.32. The summed E-state index contributed by atoms with van der Waals surface area (Å²) < 4.78 is 0. The van der Waals surface area contributed by atoms with Gasteiger partial charge in [-0.1, -0.05) is 43.3 Å². The Labute approximate surface area is 109 Å². The number of rotatable bonds is 5. The van der Waals surface area contributed by atoms with Crippen LogP contribution in [0.15, 0.2) is 48.6 Å². The fourth-order valence-corrected chi connectivity index (χ4v) is 2.06. The van der Waals surface area contributed by atoms with Gasteiger partial charge in [-0.3, -0.25) is 4.98 Å². The Morgan fingerprint density at radius 3 is 2.78 bits per heavy atom. The van der Waals surface area contributed by atoms with Crippen LogP contribution < -0.4 is 5.32 Å². The van der Waals surface area contributed by atoms with Crippen LogP contribution in [-0.2, 0) is 0 Å². The van der Waals surface area contributed by atoms with E-state index in [4.69, 9.17) is 4.98 Å². The largest absolute Gasteiger partial charge is 0.311 e. The summed E-state index contributed by atoms with van der Waals surface area (Å²) in [5.41, 5.74) is 3.40. The molecule has 0 aliphatic rings. The Morgan fingerprint density at radius 1 is 1.28 bits per heavy atom. The molecule has 1 atom stereocenters. The number of benzene rings is 1. The van der Waals surface area contributed by atoms with Gasteiger partial charge >= 0.3 is 0 Å². The van der Waals surface area contributed by atoms with E-state index in [1.807, 2.05) is 19.2 Å². The van der Waals surface area contributed by atoms with Gasteiger partial charge in [-0.05, 0) is 32.0 Å². The second-order valence-electron chi connectivity index (χ2n) is 4.58. The third-order valence-electron chi connectivity index (χ3n) is 3.32. The summed E-state index contributed by atoms with van der Waals surface area (Å²) in [6.07, 6.45) is 1.96. The van der Waals surface area contributed by atoms with E-state index in [-0.39, 0.29) is 6.04 Å². The van der Waals surface area contributed by atoms with Gasteiger partial charge < -0.3 is 5.32 Å². The standard InChI is InChI=1S/C16H20N2/c1-4-12(2)11-16(17-3)15-10-9-13-7-5-6-8-14(13)18-15/h5-10,16-17H,2,4,11H2,1,3H3. The molecular formula is C16H20N2. The first-order valence-corrected chi connectivity index (χ1v) is 6.44. The zero-order chi connectivity index (χ0) is 13.0. The van der Waals surface area contributed by atoms with Crippen molar-refractivity contribution in [3.8, 4) is 0 Å². The fraction of sp³-hybridized carbons (Fsp3) is 0.312. The maximum Gasteiger partial charge on any atom is 0.0706 e. The number of para-hydroxylation sites is 1. The van der Waals surface area contributed by atoms with E-state index in [9.17, 15) is 0 Å². The van der Waals surface area contributed by atoms with Gasteiger partial charge in [0.2, 0.25) is 0 Å². The van der Waals surface area contributed by atoms with Gasteiger partial charge in [-0.15, -0.1) is 0 Å². The van der Waals surface area contributed by atoms with Gasteiger partial charge in [0.1, 0.15) is 0 Å². The lowest BCUT2D eigenvalue weighted by Crippen LogP contribution is -2.18. The summed E-state index contributed by atoms with van der Waals surface area (Å²) in [4.78, 5) is 4.73. The molecule has 0 aliphatic heterocycles. The highest BCUT2D eigenvalue weighted by molar-refractivity contribution is 5.78. The Balaban J connectivity index is 2.30. The number of hydrogen-bond acceptors (Lipinski definition) is 2. The lowest BCUT2D eigenvalue weighted by molar-refractivity contribution is 0.569. The van der Waals surface area contributed by atoms with Crippen LogP contribution >= 0.6 is 0 Å². The molecule has 0 radical (unpaired) electrons. The molecule has 0 fully saturated rings. The molecule has 0 aliphatic carbocycles. The monoisotopic (exact) mass is 240 g/mol. The van der Waals surface area contributed by atoms with Crippen LogP contribution in [0.5, 0.6) is 0 Å². The van der Waals surface area contributed by atoms with Crippen molar-refractivity contribution in [1.29, 1.82) is 0 Å². The van der Waals surface area contributed by atoms with Gasteiger partial charge in [0.25, 0.3) is 0 Å². The third kappa shape index (κ3) is 2.77. The number of fused-ring (bicyclic) bond motifs is 1. The molecule has 1 unspecified atom stereocenters. The molecule has 2 heteroatoms. The first-order valence-electron chi connectivity index (χ1n) is 6.44. The Bertz CT molecular complexity index is 546. The molecule has 0 saturated heterocycles. The minimum absolute atomic E-state index is 0.252. The van der Waals surface area contributed by atoms with E-state index in [1.165, 1.54) is 11.0 Å². The van der Waals surface area contributed by atoms with E-state index >= 15 is 0 Å². The fourth-order valence-electron chi connectivity index (χ4n) is 2.06. The normalized spacial score (nSPS) is 12.6. The van der Waals surface area contributed by atoms with Crippen molar-refractivity contribution in [2.75, 3.05) is 7.05 Å². The van der Waals surface area contributed by atoms with Crippen molar-refractivity contribution in [3.05, 3.63) is 54.2 Å². The topological polar surface area (TPSA) is 24.9 Å². The maximum absolute atomic E-state index is 4.73. The number of nitrogens with zero attached hydrogens (tertiary/aromatic N) is 1. The summed E-state index contributed by atoms with van der Waals surface area (Å²) in [5, 5.41) is 4.51. The summed E-state index contributed by atoms with van der Waals surface area (Å²) in [7, 11) is 1.98. The SMILES string of the molecule is C=C(CC)CC(NC)c1ccc2ccccc2n1. The molecule has 2 rings (SSSR count). The first-order chi connectivity index (χ1) is 8.74. The number of aromatic nitrogens is 1. The van der Waals surface area contributed by atoms with Gasteiger partial charge in [-0.2, -0.15) is 0 Å². The van der Waals surface area contributed by atoms with E-state index in [1.54, 1.807) is 0 Å². The van der Waals surface area contributed by atoms with E-state index in [0.29, 0.717) is 0 Å². The van der Waals surface area contributed by atoms with Crippen LogP contribution in [0.3, 0.4) is 0 Å². The molecule has 1 aromatic carbocycles. The van der Waals surface area contributed by atoms with Crippen molar-refractivity contribution >= 4 is 10.9 Å². The Kier molecular flexibility index (Phi) is 4.11. The van der Waals surface area contributed by atoms with Crippen molar-refractivity contribution in [2.45, 2.75) is 25.8 Å². The van der Waals surface area contributed by atoms with Crippen LogP contribution in [0.1, 0.15) is 31.5 Å². The summed E-state index contributed by atoms with van der Waals surface area (Å²) in [5.74, 6) is 0. The molecule has 2 nitrogen and oxygen atoms in total.